The van der Waals surface area contributed by atoms with Crippen LogP contribution in [0.1, 0.15) is 38.6 Å². The third-order valence-electron chi connectivity index (χ3n) is 4.52. The maximum Gasteiger partial charge on any atom is 0.239 e. The van der Waals surface area contributed by atoms with Gasteiger partial charge in [-0.2, -0.15) is 0 Å². The lowest BCUT2D eigenvalue weighted by Gasteiger charge is -2.34. The maximum absolute atomic E-state index is 12.0. The van der Waals surface area contributed by atoms with Gasteiger partial charge < -0.3 is 15.2 Å². The molecule has 1 fully saturated rings. The Morgan fingerprint density at radius 3 is 2.68 bits per heavy atom. The summed E-state index contributed by atoms with van der Waals surface area (Å²) >= 11 is 0. The van der Waals surface area contributed by atoms with Gasteiger partial charge in [0.25, 0.3) is 0 Å². The molecule has 22 heavy (non-hydrogen) atoms. The molecule has 1 aromatic heterocycles. The molecule has 1 aromatic carbocycles. The molecule has 0 saturated carbocycles. The summed E-state index contributed by atoms with van der Waals surface area (Å²) in [5, 5.41) is 0. The predicted molar refractivity (Wildman–Crippen MR) is 87.6 cm³/mol. The highest BCUT2D eigenvalue weighted by molar-refractivity contribution is 5.81. The van der Waals surface area contributed by atoms with Crippen molar-refractivity contribution in [2.75, 3.05) is 13.1 Å². The largest absolute Gasteiger partial charge is 0.341 e. The van der Waals surface area contributed by atoms with Crippen LogP contribution in [-0.2, 0) is 11.2 Å². The number of aryl methyl sites for hydroxylation is 1. The van der Waals surface area contributed by atoms with Gasteiger partial charge in [0.15, 0.2) is 0 Å². The van der Waals surface area contributed by atoms with E-state index in [0.717, 1.165) is 43.7 Å². The summed E-state index contributed by atoms with van der Waals surface area (Å²) in [4.78, 5) is 18.7. The van der Waals surface area contributed by atoms with Gasteiger partial charge in [0.2, 0.25) is 5.91 Å². The number of para-hydroxylation sites is 2. The van der Waals surface area contributed by atoms with Gasteiger partial charge in [-0.3, -0.25) is 4.79 Å². The summed E-state index contributed by atoms with van der Waals surface area (Å²) in [6, 6.07) is 8.31. The lowest BCUT2D eigenvalue weighted by Crippen LogP contribution is -2.46. The number of nitrogens with two attached hydrogens (primary N) is 1. The molecule has 0 bridgehead atoms. The Hall–Kier alpha value is -1.88. The van der Waals surface area contributed by atoms with Gasteiger partial charge in [-0.25, -0.2) is 4.98 Å². The van der Waals surface area contributed by atoms with Gasteiger partial charge >= 0.3 is 0 Å². The minimum absolute atomic E-state index is 0.0599. The first kappa shape index (κ1) is 15.0. The normalized spacial score (nSPS) is 17.9. The van der Waals surface area contributed by atoms with Crippen LogP contribution in [0.25, 0.3) is 11.0 Å². The maximum atomic E-state index is 12.0. The van der Waals surface area contributed by atoms with E-state index in [2.05, 4.69) is 29.7 Å². The van der Waals surface area contributed by atoms with Gasteiger partial charge in [0.1, 0.15) is 5.82 Å². The Balaban J connectivity index is 1.83. The number of rotatable bonds is 3. The van der Waals surface area contributed by atoms with Crippen molar-refractivity contribution in [1.29, 1.82) is 0 Å². The Labute approximate surface area is 131 Å². The Morgan fingerprint density at radius 1 is 1.36 bits per heavy atom. The van der Waals surface area contributed by atoms with E-state index in [1.807, 2.05) is 11.0 Å². The standard InChI is InChI=1S/C17H24N4O/c1-3-16-19-14-6-4-5-7-15(14)21(16)13-8-10-20(11-9-13)17(22)12(2)18/h4-7,12-13H,3,8-11,18H2,1-2H3/t12-/m1/s1. The van der Waals surface area contributed by atoms with Gasteiger partial charge in [-0.15, -0.1) is 0 Å². The summed E-state index contributed by atoms with van der Waals surface area (Å²) in [6.07, 6.45) is 2.85. The van der Waals surface area contributed by atoms with E-state index in [-0.39, 0.29) is 5.91 Å². The van der Waals surface area contributed by atoms with E-state index in [1.54, 1.807) is 6.92 Å². The second kappa shape index (κ2) is 6.08. The van der Waals surface area contributed by atoms with Crippen molar-refractivity contribution in [1.82, 2.24) is 14.5 Å². The van der Waals surface area contributed by atoms with Crippen molar-refractivity contribution in [3.63, 3.8) is 0 Å². The van der Waals surface area contributed by atoms with Crippen molar-refractivity contribution >= 4 is 16.9 Å². The van der Waals surface area contributed by atoms with E-state index in [0.29, 0.717) is 6.04 Å². The van der Waals surface area contributed by atoms with Crippen LogP contribution in [0.3, 0.4) is 0 Å². The number of aromatic nitrogens is 2. The quantitative estimate of drug-likeness (QED) is 0.944. The molecule has 1 aliphatic heterocycles. The second-order valence-electron chi connectivity index (χ2n) is 6.09. The number of carbonyl (C=O) groups excluding carboxylic acids is 1. The molecule has 0 spiro atoms. The summed E-state index contributed by atoms with van der Waals surface area (Å²) in [5.41, 5.74) is 7.98. The molecule has 3 rings (SSSR count). The van der Waals surface area contributed by atoms with Gasteiger partial charge in [-0.1, -0.05) is 19.1 Å². The van der Waals surface area contributed by atoms with E-state index >= 15 is 0 Å². The predicted octanol–water partition coefficient (Wildman–Crippen LogP) is 2.11. The fourth-order valence-corrected chi connectivity index (χ4v) is 3.38. The highest BCUT2D eigenvalue weighted by Crippen LogP contribution is 2.29. The van der Waals surface area contributed by atoms with Crippen LogP contribution in [0.15, 0.2) is 24.3 Å². The van der Waals surface area contributed by atoms with Crippen LogP contribution in [0.4, 0.5) is 0 Å². The number of piperidine rings is 1. The van der Waals surface area contributed by atoms with Crippen molar-refractivity contribution < 1.29 is 4.79 Å². The van der Waals surface area contributed by atoms with E-state index in [1.165, 1.54) is 5.52 Å². The first-order valence-electron chi connectivity index (χ1n) is 8.12. The SMILES string of the molecule is CCc1nc2ccccc2n1C1CCN(C(=O)[C@@H](C)N)CC1. The number of amides is 1. The average Bonchev–Trinajstić information content (AvgIpc) is 2.92. The minimum atomic E-state index is -0.406. The van der Waals surface area contributed by atoms with E-state index in [9.17, 15) is 4.79 Å². The molecule has 5 heteroatoms. The van der Waals surface area contributed by atoms with Crippen molar-refractivity contribution in [3.05, 3.63) is 30.1 Å². The molecule has 0 aliphatic carbocycles. The number of carbonyl (C=O) groups is 1. The number of likely N-dealkylation sites (tertiary alicyclic amines) is 1. The Bertz CT molecular complexity index is 668. The molecule has 0 radical (unpaired) electrons. The first-order chi connectivity index (χ1) is 10.6. The molecular formula is C17H24N4O. The first-order valence-corrected chi connectivity index (χ1v) is 8.12. The number of imidazole rings is 1. The van der Waals surface area contributed by atoms with Crippen molar-refractivity contribution in [2.45, 2.75) is 45.2 Å². The number of hydrogen-bond donors (Lipinski definition) is 1. The second-order valence-corrected chi connectivity index (χ2v) is 6.09. The zero-order valence-electron chi connectivity index (χ0n) is 13.3. The van der Waals surface area contributed by atoms with Crippen molar-refractivity contribution in [3.8, 4) is 0 Å². The van der Waals surface area contributed by atoms with Crippen LogP contribution in [0, 0.1) is 0 Å². The molecule has 118 valence electrons. The highest BCUT2D eigenvalue weighted by atomic mass is 16.2. The molecular weight excluding hydrogens is 276 g/mol. The number of hydrogen-bond acceptors (Lipinski definition) is 3. The van der Waals surface area contributed by atoms with E-state index < -0.39 is 6.04 Å². The van der Waals surface area contributed by atoms with Gasteiger partial charge in [-0.05, 0) is 31.9 Å². The van der Waals surface area contributed by atoms with Crippen LogP contribution in [-0.4, -0.2) is 39.5 Å². The average molecular weight is 300 g/mol. The van der Waals surface area contributed by atoms with Crippen LogP contribution >= 0.6 is 0 Å². The van der Waals surface area contributed by atoms with Gasteiger partial charge in [0.05, 0.1) is 17.1 Å². The van der Waals surface area contributed by atoms with Crippen LogP contribution in [0.5, 0.6) is 0 Å². The molecule has 0 unspecified atom stereocenters. The summed E-state index contributed by atoms with van der Waals surface area (Å²) < 4.78 is 2.38. The van der Waals surface area contributed by atoms with E-state index in [4.69, 9.17) is 10.7 Å². The number of benzene rings is 1. The molecule has 2 N–H and O–H groups in total. The zero-order valence-corrected chi connectivity index (χ0v) is 13.3. The summed E-state index contributed by atoms with van der Waals surface area (Å²) in [5.74, 6) is 1.20. The number of nitrogens with zero attached hydrogens (tertiary/aromatic N) is 3. The van der Waals surface area contributed by atoms with Crippen LogP contribution < -0.4 is 5.73 Å². The number of fused-ring (bicyclic) bond motifs is 1. The third kappa shape index (κ3) is 2.61. The summed E-state index contributed by atoms with van der Waals surface area (Å²) in [6.45, 7) is 5.46. The highest BCUT2D eigenvalue weighted by Gasteiger charge is 2.27. The van der Waals surface area contributed by atoms with Crippen LogP contribution in [0.2, 0.25) is 0 Å². The Morgan fingerprint density at radius 2 is 2.05 bits per heavy atom. The zero-order chi connectivity index (χ0) is 15.7. The molecule has 1 amide bonds. The fourth-order valence-electron chi connectivity index (χ4n) is 3.38. The monoisotopic (exact) mass is 300 g/mol. The summed E-state index contributed by atoms with van der Waals surface area (Å²) in [7, 11) is 0. The molecule has 2 heterocycles. The molecule has 5 nitrogen and oxygen atoms in total. The fraction of sp³-hybridized carbons (Fsp3) is 0.529. The lowest BCUT2D eigenvalue weighted by molar-refractivity contribution is -0.133. The molecule has 1 atom stereocenters. The molecule has 2 aromatic rings. The topological polar surface area (TPSA) is 64.2 Å². The van der Waals surface area contributed by atoms with Gasteiger partial charge in [0, 0.05) is 25.6 Å². The minimum Gasteiger partial charge on any atom is -0.341 e. The lowest BCUT2D eigenvalue weighted by atomic mass is 10.0. The smallest absolute Gasteiger partial charge is 0.239 e. The third-order valence-corrected chi connectivity index (χ3v) is 4.52. The molecule has 1 aliphatic rings. The molecule has 1 saturated heterocycles. The van der Waals surface area contributed by atoms with Crippen molar-refractivity contribution in [2.24, 2.45) is 5.73 Å². The Kier molecular flexibility index (Phi) is 4.16.